The van der Waals surface area contributed by atoms with E-state index in [0.717, 1.165) is 11.0 Å². The van der Waals surface area contributed by atoms with Crippen molar-refractivity contribution in [1.82, 2.24) is 9.55 Å². The Balaban J connectivity index is 1.70. The molecule has 2 aromatic carbocycles. The Kier molecular flexibility index (Phi) is 4.99. The molecule has 4 nitrogen and oxygen atoms in total. The van der Waals surface area contributed by atoms with Crippen molar-refractivity contribution in [2.45, 2.75) is 26.5 Å². The second kappa shape index (κ2) is 7.01. The zero-order valence-electron chi connectivity index (χ0n) is 13.5. The largest absolute Gasteiger partial charge is 0.489 e. The summed E-state index contributed by atoms with van der Waals surface area (Å²) < 4.78 is 7.51. The van der Waals surface area contributed by atoms with E-state index in [9.17, 15) is 5.11 Å². The zero-order chi connectivity index (χ0) is 17.3. The first-order chi connectivity index (χ1) is 11.4. The van der Waals surface area contributed by atoms with Gasteiger partial charge in [0.05, 0.1) is 28.9 Å². The highest BCUT2D eigenvalue weighted by molar-refractivity contribution is 6.34. The van der Waals surface area contributed by atoms with E-state index in [0.29, 0.717) is 22.3 Å². The number of aliphatic hydroxyl groups is 1. The van der Waals surface area contributed by atoms with Gasteiger partial charge in [-0.1, -0.05) is 23.2 Å². The third-order valence-electron chi connectivity index (χ3n) is 3.97. The fraction of sp³-hybridized carbons (Fsp3) is 0.278. The van der Waals surface area contributed by atoms with Crippen LogP contribution in [-0.2, 0) is 6.54 Å². The standard InChI is InChI=1S/C18H18Cl2N2O2/c1-11-5-16-17(6-12(11)2)22(10-21-16)8-14(23)9-24-18-7-13(19)3-4-15(18)20/h3-7,10,14,23H,8-9H2,1-2H3/t14-/m0/s1. The highest BCUT2D eigenvalue weighted by atomic mass is 35.5. The Hall–Kier alpha value is -1.75. The molecule has 3 aromatic rings. The molecule has 0 bridgehead atoms. The van der Waals surface area contributed by atoms with Crippen LogP contribution in [0.3, 0.4) is 0 Å². The minimum Gasteiger partial charge on any atom is -0.489 e. The van der Waals surface area contributed by atoms with E-state index in [-0.39, 0.29) is 6.61 Å². The van der Waals surface area contributed by atoms with Crippen LogP contribution in [0, 0.1) is 13.8 Å². The monoisotopic (exact) mass is 364 g/mol. The van der Waals surface area contributed by atoms with Crippen LogP contribution in [0.2, 0.25) is 10.0 Å². The molecule has 6 heteroatoms. The van der Waals surface area contributed by atoms with E-state index >= 15 is 0 Å². The highest BCUT2D eigenvalue weighted by Gasteiger charge is 2.12. The van der Waals surface area contributed by atoms with Crippen molar-refractivity contribution in [3.8, 4) is 5.75 Å². The lowest BCUT2D eigenvalue weighted by atomic mass is 10.1. The number of aromatic nitrogens is 2. The summed E-state index contributed by atoms with van der Waals surface area (Å²) in [6.07, 6.45) is 1.04. The van der Waals surface area contributed by atoms with Crippen molar-refractivity contribution in [3.63, 3.8) is 0 Å². The number of hydrogen-bond acceptors (Lipinski definition) is 3. The van der Waals surface area contributed by atoms with Crippen LogP contribution in [0.25, 0.3) is 11.0 Å². The molecule has 126 valence electrons. The Bertz CT molecular complexity index is 877. The molecule has 0 saturated carbocycles. The van der Waals surface area contributed by atoms with Crippen LogP contribution in [0.1, 0.15) is 11.1 Å². The van der Waals surface area contributed by atoms with E-state index in [4.69, 9.17) is 27.9 Å². The quantitative estimate of drug-likeness (QED) is 0.729. The van der Waals surface area contributed by atoms with Crippen molar-refractivity contribution in [3.05, 3.63) is 57.8 Å². The maximum absolute atomic E-state index is 10.3. The lowest BCUT2D eigenvalue weighted by Gasteiger charge is -2.15. The lowest BCUT2D eigenvalue weighted by Crippen LogP contribution is -2.23. The first-order valence-corrected chi connectivity index (χ1v) is 8.37. The van der Waals surface area contributed by atoms with Crippen molar-refractivity contribution < 1.29 is 9.84 Å². The summed E-state index contributed by atoms with van der Waals surface area (Å²) in [5.41, 5.74) is 4.31. The molecule has 3 rings (SSSR count). The first-order valence-electron chi connectivity index (χ1n) is 7.62. The van der Waals surface area contributed by atoms with Crippen LogP contribution >= 0.6 is 23.2 Å². The Morgan fingerprint density at radius 3 is 2.71 bits per heavy atom. The van der Waals surface area contributed by atoms with Gasteiger partial charge in [0.2, 0.25) is 0 Å². The van der Waals surface area contributed by atoms with Crippen LogP contribution < -0.4 is 4.74 Å². The number of benzene rings is 2. The molecule has 1 atom stereocenters. The minimum absolute atomic E-state index is 0.116. The van der Waals surface area contributed by atoms with Gasteiger partial charge in [0, 0.05) is 11.1 Å². The molecule has 1 aromatic heterocycles. The molecular weight excluding hydrogens is 347 g/mol. The molecule has 1 heterocycles. The number of ether oxygens (including phenoxy) is 1. The van der Waals surface area contributed by atoms with Gasteiger partial charge in [-0.3, -0.25) is 0 Å². The number of imidazole rings is 1. The van der Waals surface area contributed by atoms with Gasteiger partial charge in [-0.05, 0) is 49.2 Å². The van der Waals surface area contributed by atoms with Crippen LogP contribution in [0.15, 0.2) is 36.7 Å². The molecule has 0 amide bonds. The van der Waals surface area contributed by atoms with Gasteiger partial charge in [-0.25, -0.2) is 4.98 Å². The van der Waals surface area contributed by atoms with Crippen molar-refractivity contribution in [2.75, 3.05) is 6.61 Å². The van der Waals surface area contributed by atoms with Gasteiger partial charge in [0.25, 0.3) is 0 Å². The van der Waals surface area contributed by atoms with E-state index in [1.54, 1.807) is 24.5 Å². The molecule has 0 aliphatic carbocycles. The van der Waals surface area contributed by atoms with E-state index in [2.05, 4.69) is 31.0 Å². The molecule has 0 spiro atoms. The van der Waals surface area contributed by atoms with Gasteiger partial charge >= 0.3 is 0 Å². The number of rotatable bonds is 5. The fourth-order valence-electron chi connectivity index (χ4n) is 2.51. The second-order valence-electron chi connectivity index (χ2n) is 5.86. The number of nitrogens with zero attached hydrogens (tertiary/aromatic N) is 2. The Morgan fingerprint density at radius 2 is 1.92 bits per heavy atom. The number of aryl methyl sites for hydroxylation is 2. The molecule has 0 aliphatic rings. The van der Waals surface area contributed by atoms with Gasteiger partial charge in [-0.2, -0.15) is 0 Å². The first kappa shape index (κ1) is 17.1. The van der Waals surface area contributed by atoms with Crippen molar-refractivity contribution >= 4 is 34.2 Å². The number of hydrogen-bond donors (Lipinski definition) is 1. The summed E-state index contributed by atoms with van der Waals surface area (Å²) in [6, 6.07) is 9.12. The third kappa shape index (κ3) is 3.66. The molecule has 0 aliphatic heterocycles. The maximum Gasteiger partial charge on any atom is 0.139 e. The van der Waals surface area contributed by atoms with Crippen molar-refractivity contribution in [1.29, 1.82) is 0 Å². The van der Waals surface area contributed by atoms with E-state index < -0.39 is 6.10 Å². The molecule has 0 fully saturated rings. The normalized spacial score (nSPS) is 12.5. The Labute approximate surface area is 150 Å². The highest BCUT2D eigenvalue weighted by Crippen LogP contribution is 2.28. The molecule has 0 radical (unpaired) electrons. The van der Waals surface area contributed by atoms with Crippen LogP contribution in [-0.4, -0.2) is 27.4 Å². The third-order valence-corrected chi connectivity index (χ3v) is 4.52. The van der Waals surface area contributed by atoms with Crippen molar-refractivity contribution in [2.24, 2.45) is 0 Å². The van der Waals surface area contributed by atoms with E-state index in [1.165, 1.54) is 11.1 Å². The number of fused-ring (bicyclic) bond motifs is 1. The summed E-state index contributed by atoms with van der Waals surface area (Å²) in [5.74, 6) is 0.463. The molecule has 24 heavy (non-hydrogen) atoms. The molecule has 0 saturated heterocycles. The average molecular weight is 365 g/mol. The van der Waals surface area contributed by atoms with Crippen LogP contribution in [0.5, 0.6) is 5.75 Å². The summed E-state index contributed by atoms with van der Waals surface area (Å²) in [4.78, 5) is 4.39. The lowest BCUT2D eigenvalue weighted by molar-refractivity contribution is 0.0935. The molecule has 1 N–H and O–H groups in total. The maximum atomic E-state index is 10.3. The zero-order valence-corrected chi connectivity index (χ0v) is 15.0. The van der Waals surface area contributed by atoms with E-state index in [1.807, 2.05) is 4.57 Å². The number of aliphatic hydroxyl groups excluding tert-OH is 1. The van der Waals surface area contributed by atoms with Gasteiger partial charge in [-0.15, -0.1) is 0 Å². The molecular formula is C18H18Cl2N2O2. The predicted molar refractivity (Wildman–Crippen MR) is 97.2 cm³/mol. The summed E-state index contributed by atoms with van der Waals surface area (Å²) in [7, 11) is 0. The Morgan fingerprint density at radius 1 is 1.17 bits per heavy atom. The van der Waals surface area contributed by atoms with Gasteiger partial charge < -0.3 is 14.4 Å². The summed E-state index contributed by atoms with van der Waals surface area (Å²) in [6.45, 7) is 4.62. The minimum atomic E-state index is -0.695. The summed E-state index contributed by atoms with van der Waals surface area (Å²) in [5, 5.41) is 11.3. The van der Waals surface area contributed by atoms with Gasteiger partial charge in [0.15, 0.2) is 0 Å². The second-order valence-corrected chi connectivity index (χ2v) is 6.71. The SMILES string of the molecule is Cc1cc2ncn(C[C@H](O)COc3cc(Cl)ccc3Cl)c2cc1C. The molecule has 0 unspecified atom stereocenters. The number of halogens is 2. The predicted octanol–water partition coefficient (Wildman–Crippen LogP) is 4.40. The average Bonchev–Trinajstić information content (AvgIpc) is 2.91. The topological polar surface area (TPSA) is 47.3 Å². The summed E-state index contributed by atoms with van der Waals surface area (Å²) >= 11 is 12.0. The smallest absolute Gasteiger partial charge is 0.139 e. The van der Waals surface area contributed by atoms with Crippen LogP contribution in [0.4, 0.5) is 0 Å². The van der Waals surface area contributed by atoms with Gasteiger partial charge in [0.1, 0.15) is 18.5 Å². The fourth-order valence-corrected chi connectivity index (χ4v) is 2.85.